The Morgan fingerprint density at radius 3 is 2.89 bits per heavy atom. The first-order valence-corrected chi connectivity index (χ1v) is 7.35. The average Bonchev–Trinajstić information content (AvgIpc) is 2.68. The molecule has 106 valence electrons. The van der Waals surface area contributed by atoms with Gasteiger partial charge in [0.25, 0.3) is 5.56 Å². The van der Waals surface area contributed by atoms with Crippen LogP contribution in [0.5, 0.6) is 0 Å². The summed E-state index contributed by atoms with van der Waals surface area (Å²) in [7, 11) is 0. The molecule has 1 heterocycles. The molecule has 4 nitrogen and oxygen atoms in total. The Morgan fingerprint density at radius 2 is 2.32 bits per heavy atom. The van der Waals surface area contributed by atoms with E-state index in [0.29, 0.717) is 18.3 Å². The highest BCUT2D eigenvalue weighted by atomic mass is 35.5. The van der Waals surface area contributed by atoms with Gasteiger partial charge >= 0.3 is 0 Å². The summed E-state index contributed by atoms with van der Waals surface area (Å²) in [5, 5.41) is 7.83. The zero-order valence-corrected chi connectivity index (χ0v) is 12.6. The molecule has 1 aliphatic rings. The van der Waals surface area contributed by atoms with Gasteiger partial charge in [-0.1, -0.05) is 38.8 Å². The second-order valence-electron chi connectivity index (χ2n) is 5.98. The number of halogens is 1. The van der Waals surface area contributed by atoms with Crippen LogP contribution in [0.1, 0.15) is 46.5 Å². The van der Waals surface area contributed by atoms with E-state index < -0.39 is 0 Å². The standard InChI is InChI=1S/C14H22ClN3O/c1-4-8-18-13(19)12(15)10(9-16-18)17-11-6-5-7-14(11,2)3/h9,11,17H,4-8H2,1-3H3. The zero-order valence-electron chi connectivity index (χ0n) is 11.9. The van der Waals surface area contributed by atoms with Gasteiger partial charge in [-0.15, -0.1) is 0 Å². The van der Waals surface area contributed by atoms with Crippen LogP contribution in [0.15, 0.2) is 11.0 Å². The van der Waals surface area contributed by atoms with Gasteiger partial charge in [0.1, 0.15) is 5.02 Å². The maximum absolute atomic E-state index is 12.0. The van der Waals surface area contributed by atoms with Gasteiger partial charge in [-0.3, -0.25) is 4.79 Å². The molecule has 1 aromatic heterocycles. The Labute approximate surface area is 119 Å². The quantitative estimate of drug-likeness (QED) is 0.922. The third-order valence-electron chi connectivity index (χ3n) is 4.01. The minimum atomic E-state index is -0.204. The first-order chi connectivity index (χ1) is 8.95. The Morgan fingerprint density at radius 1 is 1.58 bits per heavy atom. The average molecular weight is 284 g/mol. The second kappa shape index (κ2) is 5.53. The number of aryl methyl sites for hydroxylation is 1. The van der Waals surface area contributed by atoms with E-state index in [1.54, 1.807) is 6.20 Å². The molecule has 0 spiro atoms. The largest absolute Gasteiger partial charge is 0.379 e. The fraction of sp³-hybridized carbons (Fsp3) is 0.714. The third kappa shape index (κ3) is 2.94. The summed E-state index contributed by atoms with van der Waals surface area (Å²) in [4.78, 5) is 12.0. The highest BCUT2D eigenvalue weighted by Gasteiger charge is 2.34. The number of nitrogens with zero attached hydrogens (tertiary/aromatic N) is 2. The van der Waals surface area contributed by atoms with Crippen LogP contribution < -0.4 is 10.9 Å². The van der Waals surface area contributed by atoms with Crippen molar-refractivity contribution >= 4 is 17.3 Å². The SMILES string of the molecule is CCCn1ncc(NC2CCCC2(C)C)c(Cl)c1=O. The Hall–Kier alpha value is -1.03. The maximum Gasteiger partial charge on any atom is 0.287 e. The topological polar surface area (TPSA) is 46.9 Å². The van der Waals surface area contributed by atoms with Crippen molar-refractivity contribution in [3.05, 3.63) is 21.6 Å². The molecule has 1 atom stereocenters. The van der Waals surface area contributed by atoms with Crippen molar-refractivity contribution in [1.82, 2.24) is 9.78 Å². The smallest absolute Gasteiger partial charge is 0.287 e. The fourth-order valence-electron chi connectivity index (χ4n) is 2.72. The first kappa shape index (κ1) is 14.4. The normalized spacial score (nSPS) is 21.6. The molecule has 0 radical (unpaired) electrons. The van der Waals surface area contributed by atoms with Gasteiger partial charge in [0.05, 0.1) is 11.9 Å². The molecule has 0 bridgehead atoms. The third-order valence-corrected chi connectivity index (χ3v) is 4.37. The van der Waals surface area contributed by atoms with Crippen LogP contribution in [-0.2, 0) is 6.54 Å². The van der Waals surface area contributed by atoms with Crippen LogP contribution in [0.4, 0.5) is 5.69 Å². The minimum absolute atomic E-state index is 0.204. The van der Waals surface area contributed by atoms with Gasteiger partial charge in [-0.25, -0.2) is 4.68 Å². The Balaban J connectivity index is 2.22. The van der Waals surface area contributed by atoms with E-state index in [2.05, 4.69) is 24.3 Å². The molecular formula is C14H22ClN3O. The summed E-state index contributed by atoms with van der Waals surface area (Å²) in [6, 6.07) is 0.355. The minimum Gasteiger partial charge on any atom is -0.379 e. The summed E-state index contributed by atoms with van der Waals surface area (Å²) in [6.07, 6.45) is 6.06. The fourth-order valence-corrected chi connectivity index (χ4v) is 2.92. The maximum atomic E-state index is 12.0. The van der Waals surface area contributed by atoms with Crippen LogP contribution in [0.3, 0.4) is 0 Å². The molecule has 1 N–H and O–H groups in total. The van der Waals surface area contributed by atoms with Gasteiger partial charge < -0.3 is 5.32 Å². The zero-order chi connectivity index (χ0) is 14.0. The molecule has 1 aliphatic carbocycles. The predicted molar refractivity (Wildman–Crippen MR) is 78.8 cm³/mol. The summed E-state index contributed by atoms with van der Waals surface area (Å²) in [5.41, 5.74) is 0.699. The monoisotopic (exact) mass is 283 g/mol. The lowest BCUT2D eigenvalue weighted by Gasteiger charge is -2.28. The molecule has 1 fully saturated rings. The summed E-state index contributed by atoms with van der Waals surface area (Å²) < 4.78 is 1.42. The second-order valence-corrected chi connectivity index (χ2v) is 6.36. The van der Waals surface area contributed by atoms with E-state index in [1.807, 2.05) is 6.92 Å². The van der Waals surface area contributed by atoms with Crippen LogP contribution in [0, 0.1) is 5.41 Å². The highest BCUT2D eigenvalue weighted by molar-refractivity contribution is 6.32. The van der Waals surface area contributed by atoms with Gasteiger partial charge in [-0.05, 0) is 24.7 Å². The molecule has 0 aliphatic heterocycles. The van der Waals surface area contributed by atoms with Crippen molar-refractivity contribution in [2.24, 2.45) is 5.41 Å². The molecule has 1 unspecified atom stereocenters. The predicted octanol–water partition coefficient (Wildman–Crippen LogP) is 3.30. The van der Waals surface area contributed by atoms with Gasteiger partial charge in [0.2, 0.25) is 0 Å². The number of hydrogen-bond donors (Lipinski definition) is 1. The van der Waals surface area contributed by atoms with Gasteiger partial charge in [0.15, 0.2) is 0 Å². The number of hydrogen-bond acceptors (Lipinski definition) is 3. The molecule has 19 heavy (non-hydrogen) atoms. The Kier molecular flexibility index (Phi) is 4.19. The molecule has 0 aromatic carbocycles. The van der Waals surface area contributed by atoms with E-state index in [0.717, 1.165) is 12.8 Å². The van der Waals surface area contributed by atoms with Crippen LogP contribution in [0.2, 0.25) is 5.02 Å². The highest BCUT2D eigenvalue weighted by Crippen LogP contribution is 2.39. The number of rotatable bonds is 4. The van der Waals surface area contributed by atoms with Crippen molar-refractivity contribution in [1.29, 1.82) is 0 Å². The molecule has 2 rings (SSSR count). The van der Waals surface area contributed by atoms with Crippen molar-refractivity contribution in [2.75, 3.05) is 5.32 Å². The first-order valence-electron chi connectivity index (χ1n) is 6.98. The molecule has 0 saturated heterocycles. The lowest BCUT2D eigenvalue weighted by atomic mass is 9.87. The van der Waals surface area contributed by atoms with Crippen molar-refractivity contribution < 1.29 is 0 Å². The van der Waals surface area contributed by atoms with Gasteiger partial charge in [0, 0.05) is 12.6 Å². The van der Waals surface area contributed by atoms with Crippen LogP contribution >= 0.6 is 11.6 Å². The molecule has 1 saturated carbocycles. The lowest BCUT2D eigenvalue weighted by Crippen LogP contribution is -2.32. The summed E-state index contributed by atoms with van der Waals surface area (Å²) in [6.45, 7) is 7.11. The van der Waals surface area contributed by atoms with Crippen LogP contribution in [-0.4, -0.2) is 15.8 Å². The summed E-state index contributed by atoms with van der Waals surface area (Å²) >= 11 is 6.17. The van der Waals surface area contributed by atoms with E-state index in [1.165, 1.54) is 17.5 Å². The van der Waals surface area contributed by atoms with E-state index in [4.69, 9.17) is 11.6 Å². The Bertz CT molecular complexity index is 510. The molecule has 5 heteroatoms. The number of anilines is 1. The lowest BCUT2D eigenvalue weighted by molar-refractivity contribution is 0.350. The van der Waals surface area contributed by atoms with E-state index in [9.17, 15) is 4.79 Å². The number of nitrogens with one attached hydrogen (secondary N) is 1. The summed E-state index contributed by atoms with van der Waals surface area (Å²) in [5.74, 6) is 0. The van der Waals surface area contributed by atoms with E-state index >= 15 is 0 Å². The van der Waals surface area contributed by atoms with Crippen molar-refractivity contribution in [2.45, 2.75) is 59.0 Å². The number of aromatic nitrogens is 2. The van der Waals surface area contributed by atoms with Crippen molar-refractivity contribution in [3.63, 3.8) is 0 Å². The molecular weight excluding hydrogens is 262 g/mol. The molecule has 0 amide bonds. The molecule has 1 aromatic rings. The van der Waals surface area contributed by atoms with E-state index in [-0.39, 0.29) is 16.0 Å². The van der Waals surface area contributed by atoms with Crippen molar-refractivity contribution in [3.8, 4) is 0 Å². The van der Waals surface area contributed by atoms with Gasteiger partial charge in [-0.2, -0.15) is 5.10 Å². The van der Waals surface area contributed by atoms with Crippen LogP contribution in [0.25, 0.3) is 0 Å².